The van der Waals surface area contributed by atoms with E-state index >= 15 is 4.39 Å². The predicted octanol–water partition coefficient (Wildman–Crippen LogP) is 3.98. The van der Waals surface area contributed by atoms with Crippen LogP contribution in [0, 0.1) is 11.2 Å². The molecule has 1 aliphatic carbocycles. The van der Waals surface area contributed by atoms with Gasteiger partial charge in [0.1, 0.15) is 24.7 Å². The number of halogens is 1. The van der Waals surface area contributed by atoms with E-state index in [1.54, 1.807) is 50.7 Å². The molecule has 4 saturated heterocycles. The molecule has 33 nitrogen and oxygen atoms in total. The number of carbonyl (C=O) groups excluding carboxylic acids is 8. The lowest BCUT2D eigenvalue weighted by Gasteiger charge is -2.59. The SMILES string of the molecule is COC(=O)CNC(=O)CN(C)C(=O)Cn1nc(C2CC3(C2)CN(C(=O)CCC(=O)NCCOCCOCCOCCOCCOCCOCCOCCOCCC(=O)N2CCC(c4ccc(Nc5nc(N6CCC[C@@H](N7CCN(C)C7=O)C6)cnc5C(N)=O)cc4)CC2)C3)c2c(-c3cc4c(cnn4C)cc3F)cccc21. The highest BCUT2D eigenvalue weighted by Gasteiger charge is 2.55. The summed E-state index contributed by atoms with van der Waals surface area (Å²) in [5.74, 6) is -1.82. The van der Waals surface area contributed by atoms with Gasteiger partial charge in [-0.2, -0.15) is 10.2 Å². The van der Waals surface area contributed by atoms with Crippen LogP contribution in [0.3, 0.4) is 0 Å². The molecule has 0 unspecified atom stereocenters. The molecule has 602 valence electrons. The molecule has 1 spiro atoms. The van der Waals surface area contributed by atoms with Crippen LogP contribution in [0.15, 0.2) is 67.0 Å². The number of likely N-dealkylation sites (N-methyl/N-ethyl adjacent to an activating group) is 2. The fraction of sp³-hybridized carbons (Fsp3) is 0.584. The Kier molecular flexibility index (Phi) is 30.1. The number of aryl methyl sites for hydroxylation is 1. The van der Waals surface area contributed by atoms with Crippen LogP contribution < -0.4 is 26.6 Å². The average Bonchev–Trinajstić information content (AvgIpc) is 1.66. The Morgan fingerprint density at radius 2 is 1.30 bits per heavy atom. The molecular weight excluding hydrogens is 1440 g/mol. The summed E-state index contributed by atoms with van der Waals surface area (Å²) >= 11 is 0. The highest BCUT2D eigenvalue weighted by Crippen LogP contribution is 2.57. The molecule has 3 aromatic heterocycles. The lowest BCUT2D eigenvalue weighted by molar-refractivity contribution is -0.152. The number of esters is 1. The van der Waals surface area contributed by atoms with Gasteiger partial charge in [-0.15, -0.1) is 0 Å². The Morgan fingerprint density at radius 1 is 0.667 bits per heavy atom. The third-order valence-electron chi connectivity index (χ3n) is 20.9. The van der Waals surface area contributed by atoms with Gasteiger partial charge in [-0.05, 0) is 85.9 Å². The number of amides is 8. The number of anilines is 3. The number of aromatic nitrogens is 6. The van der Waals surface area contributed by atoms with Crippen molar-refractivity contribution in [3.05, 3.63) is 89.8 Å². The predicted molar refractivity (Wildman–Crippen MR) is 405 cm³/mol. The number of rotatable bonds is 44. The molecule has 34 heteroatoms. The summed E-state index contributed by atoms with van der Waals surface area (Å²) in [6.07, 6.45) is 8.54. The van der Waals surface area contributed by atoms with Gasteiger partial charge in [0.2, 0.25) is 29.5 Å². The summed E-state index contributed by atoms with van der Waals surface area (Å²) in [7, 11) is 6.31. The minimum atomic E-state index is -0.684. The molecule has 0 bridgehead atoms. The largest absolute Gasteiger partial charge is 0.468 e. The molecule has 7 heterocycles. The maximum atomic E-state index is 16.0. The van der Waals surface area contributed by atoms with E-state index in [-0.39, 0.29) is 98.3 Å². The summed E-state index contributed by atoms with van der Waals surface area (Å²) in [5, 5.41) is 19.2. The average molecular weight is 1550 g/mol. The van der Waals surface area contributed by atoms with Gasteiger partial charge in [0.25, 0.3) is 5.91 Å². The summed E-state index contributed by atoms with van der Waals surface area (Å²) in [5.41, 5.74) is 10.6. The zero-order valence-corrected chi connectivity index (χ0v) is 64.0. The first-order valence-electron chi connectivity index (χ1n) is 38.3. The normalized spacial score (nSPS) is 16.5. The van der Waals surface area contributed by atoms with Gasteiger partial charge in [-0.25, -0.2) is 19.2 Å². The van der Waals surface area contributed by atoms with Crippen LogP contribution >= 0.6 is 0 Å². The minimum Gasteiger partial charge on any atom is -0.468 e. The molecule has 1 saturated carbocycles. The molecule has 111 heavy (non-hydrogen) atoms. The van der Waals surface area contributed by atoms with Crippen molar-refractivity contribution in [2.45, 2.75) is 82.2 Å². The van der Waals surface area contributed by atoms with E-state index in [1.807, 2.05) is 41.1 Å². The Labute approximate surface area is 644 Å². The van der Waals surface area contributed by atoms with Gasteiger partial charge in [-0.1, -0.05) is 24.3 Å². The maximum Gasteiger partial charge on any atom is 0.325 e. The fourth-order valence-electron chi connectivity index (χ4n) is 14.8. The van der Waals surface area contributed by atoms with Crippen LogP contribution in [0.1, 0.15) is 91.4 Å². The first-order chi connectivity index (χ1) is 53.8. The third kappa shape index (κ3) is 22.6. The zero-order chi connectivity index (χ0) is 78.2. The lowest BCUT2D eigenvalue weighted by atomic mass is 9.56. The van der Waals surface area contributed by atoms with E-state index in [0.717, 1.165) is 43.4 Å². The van der Waals surface area contributed by atoms with Gasteiger partial charge < -0.3 is 93.7 Å². The fourth-order valence-corrected chi connectivity index (χ4v) is 14.8. The first-order valence-corrected chi connectivity index (χ1v) is 38.3. The molecule has 1 atom stereocenters. The standard InChI is InChI=1S/C77H105FN16O17/c1-87-23-24-93(76(87)102)58-7-6-20-91(48-58)64-46-82-73(74(79)101)75(85-64)84-57-12-10-53(11-13-57)54-16-21-90(22-17-54)68(98)18-25-104-27-29-106-31-33-108-35-37-110-39-40-111-38-36-109-34-32-107-30-28-105-26-19-80-65(95)14-15-67(97)92-51-77(52-92)43-56(44-77)72-71-59(60-42-63-55(41-61(60)78)45-83-89(63)3)8-5-9-62(71)94(86-72)50-69(99)88(2)49-66(96)81-47-70(100)103-4/h5,8-13,41-42,45-46,54,56,58H,6-7,14-40,43-44,47-52H2,1-4H3,(H2,79,101)(H,80,95)(H,81,96)(H,84,85)/t58-/m1/s1. The van der Waals surface area contributed by atoms with Gasteiger partial charge >= 0.3 is 12.0 Å². The van der Waals surface area contributed by atoms with Gasteiger partial charge in [0.05, 0.1) is 161 Å². The van der Waals surface area contributed by atoms with Crippen molar-refractivity contribution in [2.75, 3.05) is 209 Å². The van der Waals surface area contributed by atoms with Crippen molar-refractivity contribution in [3.8, 4) is 11.1 Å². The van der Waals surface area contributed by atoms with Crippen LogP contribution in [0.5, 0.6) is 0 Å². The molecular formula is C77H105FN16O17. The Balaban J connectivity index is 0.452. The molecule has 3 aromatic carbocycles. The number of nitrogens with one attached hydrogen (secondary N) is 3. The third-order valence-corrected chi connectivity index (χ3v) is 20.9. The summed E-state index contributed by atoms with van der Waals surface area (Å²) < 4.78 is 68.7. The maximum absolute atomic E-state index is 16.0. The van der Waals surface area contributed by atoms with Gasteiger partial charge in [0.15, 0.2) is 11.5 Å². The number of benzene rings is 3. The molecule has 5 N–H and O–H groups in total. The van der Waals surface area contributed by atoms with Crippen LogP contribution in [0.25, 0.3) is 32.9 Å². The number of methoxy groups -OCH3 is 1. The number of hydrogen-bond acceptors (Lipinski definition) is 23. The second-order valence-corrected chi connectivity index (χ2v) is 28.7. The van der Waals surface area contributed by atoms with Crippen LogP contribution in [0.4, 0.5) is 26.5 Å². The van der Waals surface area contributed by atoms with E-state index in [1.165, 1.54) is 30.7 Å². The molecule has 4 aliphatic heterocycles. The number of piperidine rings is 2. The number of ether oxygens (including phenoxy) is 9. The Morgan fingerprint density at radius 3 is 1.92 bits per heavy atom. The van der Waals surface area contributed by atoms with Crippen molar-refractivity contribution in [1.29, 1.82) is 0 Å². The van der Waals surface area contributed by atoms with Crippen molar-refractivity contribution >= 4 is 86.6 Å². The highest BCUT2D eigenvalue weighted by atomic mass is 19.1. The number of urea groups is 1. The first kappa shape index (κ1) is 82.4. The molecule has 0 radical (unpaired) electrons. The smallest absolute Gasteiger partial charge is 0.325 e. The summed E-state index contributed by atoms with van der Waals surface area (Å²) in [6.45, 7) is 10.8. The minimum absolute atomic E-state index is 0.0462. The topological polar surface area (TPSA) is 363 Å². The quantitative estimate of drug-likeness (QED) is 0.0310. The van der Waals surface area contributed by atoms with Crippen molar-refractivity contribution in [1.82, 2.24) is 64.7 Å². The van der Waals surface area contributed by atoms with E-state index in [0.29, 0.717) is 209 Å². The molecule has 8 amide bonds. The van der Waals surface area contributed by atoms with E-state index < -0.39 is 29.5 Å². The molecule has 5 fully saturated rings. The number of nitrogens with two attached hydrogens (primary N) is 1. The monoisotopic (exact) mass is 1540 g/mol. The second-order valence-electron chi connectivity index (χ2n) is 28.7. The number of hydrogen-bond donors (Lipinski definition) is 4. The Hall–Kier alpha value is -9.55. The number of carbonyl (C=O) groups is 8. The molecule has 11 rings (SSSR count). The zero-order valence-electron chi connectivity index (χ0n) is 64.0. The van der Waals surface area contributed by atoms with Crippen LogP contribution in [0.2, 0.25) is 0 Å². The van der Waals surface area contributed by atoms with Crippen molar-refractivity contribution < 1.29 is 85.4 Å². The van der Waals surface area contributed by atoms with E-state index in [4.69, 9.17) is 53.7 Å². The molecule has 5 aliphatic rings. The van der Waals surface area contributed by atoms with Gasteiger partial charge in [0, 0.05) is 126 Å². The highest BCUT2D eigenvalue weighted by molar-refractivity contribution is 6.00. The number of nitrogens with zero attached hydrogens (tertiary/aromatic N) is 12. The van der Waals surface area contributed by atoms with Gasteiger partial charge in [-0.3, -0.25) is 42.9 Å². The number of fused-ring (bicyclic) bond motifs is 2. The van der Waals surface area contributed by atoms with Crippen LogP contribution in [-0.4, -0.2) is 306 Å². The number of primary amides is 1. The lowest BCUT2D eigenvalue weighted by Crippen LogP contribution is -2.63. The molecule has 6 aromatic rings. The second kappa shape index (κ2) is 40.6. The summed E-state index contributed by atoms with van der Waals surface area (Å²) in [4.78, 5) is 122. The van der Waals surface area contributed by atoms with Crippen molar-refractivity contribution in [2.24, 2.45) is 18.2 Å². The van der Waals surface area contributed by atoms with Crippen molar-refractivity contribution in [3.63, 3.8) is 0 Å². The van der Waals surface area contributed by atoms with E-state index in [9.17, 15) is 38.4 Å². The Bertz CT molecular complexity index is 4140. The van der Waals surface area contributed by atoms with E-state index in [2.05, 4.69) is 47.8 Å². The number of likely N-dealkylation sites (tertiary alicyclic amines) is 2. The van der Waals surface area contributed by atoms with Crippen LogP contribution in [-0.2, 0) is 85.0 Å². The summed E-state index contributed by atoms with van der Waals surface area (Å²) in [6, 6.07) is 16.8.